The lowest BCUT2D eigenvalue weighted by atomic mass is 10.00. The maximum absolute atomic E-state index is 12.6. The third-order valence-corrected chi connectivity index (χ3v) is 5.93. The molecular formula is C14H22N4OS. The van der Waals surface area contributed by atoms with Crippen molar-refractivity contribution in [2.45, 2.75) is 43.4 Å². The van der Waals surface area contributed by atoms with E-state index in [1.807, 2.05) is 33.6 Å². The molecular weight excluding hydrogens is 272 g/mol. The molecule has 1 aromatic rings. The van der Waals surface area contributed by atoms with Crippen molar-refractivity contribution in [3.05, 3.63) is 12.3 Å². The van der Waals surface area contributed by atoms with Gasteiger partial charge in [-0.05, 0) is 44.4 Å². The highest BCUT2D eigenvalue weighted by atomic mass is 32.2. The van der Waals surface area contributed by atoms with Crippen molar-refractivity contribution < 1.29 is 4.79 Å². The van der Waals surface area contributed by atoms with Gasteiger partial charge in [0.25, 0.3) is 0 Å². The van der Waals surface area contributed by atoms with Gasteiger partial charge < -0.3 is 10.6 Å². The molecule has 0 aromatic carbocycles. The Kier molecular flexibility index (Phi) is 3.67. The predicted molar refractivity (Wildman–Crippen MR) is 81.6 cm³/mol. The molecule has 1 atom stereocenters. The van der Waals surface area contributed by atoms with E-state index in [0.717, 1.165) is 44.5 Å². The van der Waals surface area contributed by atoms with E-state index in [2.05, 4.69) is 12.0 Å². The maximum Gasteiger partial charge on any atom is 0.238 e. The molecule has 3 rings (SSSR count). The molecule has 0 spiro atoms. The first-order valence-electron chi connectivity index (χ1n) is 7.32. The van der Waals surface area contributed by atoms with E-state index >= 15 is 0 Å². The number of hydrogen-bond donors (Lipinski definition) is 1. The molecule has 2 aliphatic heterocycles. The third kappa shape index (κ3) is 2.53. The Balaban J connectivity index is 1.59. The van der Waals surface area contributed by atoms with E-state index in [-0.39, 0.29) is 4.75 Å². The highest BCUT2D eigenvalue weighted by Gasteiger charge is 2.40. The van der Waals surface area contributed by atoms with E-state index in [1.165, 1.54) is 0 Å². The normalized spacial score (nSPS) is 27.9. The van der Waals surface area contributed by atoms with Gasteiger partial charge in [-0.1, -0.05) is 0 Å². The third-order valence-electron chi connectivity index (χ3n) is 4.43. The molecule has 3 heterocycles. The molecule has 0 bridgehead atoms. The minimum absolute atomic E-state index is 0.178. The lowest BCUT2D eigenvalue weighted by Gasteiger charge is -2.36. The van der Waals surface area contributed by atoms with Crippen LogP contribution in [0.2, 0.25) is 0 Å². The van der Waals surface area contributed by atoms with Crippen LogP contribution < -0.4 is 5.73 Å². The van der Waals surface area contributed by atoms with Gasteiger partial charge in [-0.3, -0.25) is 9.48 Å². The van der Waals surface area contributed by atoms with Crippen LogP contribution in [0.15, 0.2) is 12.3 Å². The van der Waals surface area contributed by atoms with Crippen molar-refractivity contribution in [3.8, 4) is 0 Å². The summed E-state index contributed by atoms with van der Waals surface area (Å²) in [5.74, 6) is 2.02. The summed E-state index contributed by atoms with van der Waals surface area (Å²) < 4.78 is 1.77. The largest absolute Gasteiger partial charge is 0.382 e. The Hall–Kier alpha value is -1.17. The molecule has 6 heteroatoms. The molecule has 1 amide bonds. The van der Waals surface area contributed by atoms with Gasteiger partial charge in [-0.25, -0.2) is 0 Å². The van der Waals surface area contributed by atoms with Gasteiger partial charge in [0, 0.05) is 19.3 Å². The molecule has 0 aliphatic carbocycles. The monoisotopic (exact) mass is 294 g/mol. The fourth-order valence-corrected chi connectivity index (χ4v) is 4.45. The quantitative estimate of drug-likeness (QED) is 0.905. The van der Waals surface area contributed by atoms with Crippen molar-refractivity contribution in [1.29, 1.82) is 0 Å². The van der Waals surface area contributed by atoms with E-state index in [4.69, 9.17) is 5.73 Å². The predicted octanol–water partition coefficient (Wildman–Crippen LogP) is 1.91. The van der Waals surface area contributed by atoms with Crippen molar-refractivity contribution in [2.75, 3.05) is 24.6 Å². The second-order valence-corrected chi connectivity index (χ2v) is 7.52. The molecule has 0 saturated carbocycles. The van der Waals surface area contributed by atoms with Gasteiger partial charge in [-0.2, -0.15) is 5.10 Å². The number of piperidine rings is 1. The summed E-state index contributed by atoms with van der Waals surface area (Å²) in [6.45, 7) is 3.77. The SMILES string of the molecule is CC1(C(=O)N2CCC(n3ccc(N)n3)CC2)CCCS1. The number of rotatable bonds is 2. The number of anilines is 1. The lowest BCUT2D eigenvalue weighted by Crippen LogP contribution is -2.47. The van der Waals surface area contributed by atoms with Crippen LogP contribution in [-0.2, 0) is 4.79 Å². The zero-order valence-electron chi connectivity index (χ0n) is 11.9. The summed E-state index contributed by atoms with van der Waals surface area (Å²) in [6, 6.07) is 2.20. The van der Waals surface area contributed by atoms with E-state index in [0.29, 0.717) is 17.8 Å². The van der Waals surface area contributed by atoms with E-state index in [9.17, 15) is 4.79 Å². The van der Waals surface area contributed by atoms with Crippen LogP contribution in [0.3, 0.4) is 0 Å². The number of nitrogen functional groups attached to an aromatic ring is 1. The highest BCUT2D eigenvalue weighted by Crippen LogP contribution is 2.40. The minimum atomic E-state index is -0.178. The van der Waals surface area contributed by atoms with Gasteiger partial charge >= 0.3 is 0 Å². The number of nitrogens with zero attached hydrogens (tertiary/aromatic N) is 3. The molecule has 5 nitrogen and oxygen atoms in total. The number of thioether (sulfide) groups is 1. The van der Waals surface area contributed by atoms with Crippen LogP contribution in [0.25, 0.3) is 0 Å². The molecule has 110 valence electrons. The van der Waals surface area contributed by atoms with Gasteiger partial charge in [0.05, 0.1) is 10.8 Å². The summed E-state index contributed by atoms with van der Waals surface area (Å²) in [5, 5.41) is 4.28. The number of carbonyl (C=O) groups excluding carboxylic acids is 1. The van der Waals surface area contributed by atoms with Crippen LogP contribution in [0.1, 0.15) is 38.6 Å². The highest BCUT2D eigenvalue weighted by molar-refractivity contribution is 8.01. The topological polar surface area (TPSA) is 64.2 Å². The summed E-state index contributed by atoms with van der Waals surface area (Å²) in [4.78, 5) is 14.7. The summed E-state index contributed by atoms with van der Waals surface area (Å²) in [6.07, 6.45) is 6.05. The molecule has 2 fully saturated rings. The number of carbonyl (C=O) groups is 1. The molecule has 1 unspecified atom stereocenters. The average Bonchev–Trinajstić information content (AvgIpc) is 3.08. The number of aromatic nitrogens is 2. The molecule has 2 saturated heterocycles. The Morgan fingerprint density at radius 3 is 2.80 bits per heavy atom. The molecule has 0 radical (unpaired) electrons. The Morgan fingerprint density at radius 2 is 2.25 bits per heavy atom. The first-order chi connectivity index (χ1) is 9.58. The molecule has 1 aromatic heterocycles. The van der Waals surface area contributed by atoms with Crippen molar-refractivity contribution in [2.24, 2.45) is 0 Å². The second kappa shape index (κ2) is 5.31. The minimum Gasteiger partial charge on any atom is -0.382 e. The second-order valence-electron chi connectivity index (χ2n) is 5.93. The van der Waals surface area contributed by atoms with Crippen molar-refractivity contribution >= 4 is 23.5 Å². The number of likely N-dealkylation sites (tertiary alicyclic amines) is 1. The van der Waals surface area contributed by atoms with Crippen LogP contribution in [-0.4, -0.2) is 44.2 Å². The maximum atomic E-state index is 12.6. The van der Waals surface area contributed by atoms with Crippen LogP contribution in [0.5, 0.6) is 0 Å². The fourth-order valence-electron chi connectivity index (χ4n) is 3.17. The molecule has 20 heavy (non-hydrogen) atoms. The number of amides is 1. The first kappa shape index (κ1) is 13.8. The zero-order valence-corrected chi connectivity index (χ0v) is 12.7. The number of hydrogen-bond acceptors (Lipinski definition) is 4. The van der Waals surface area contributed by atoms with E-state index in [1.54, 1.807) is 0 Å². The number of nitrogens with two attached hydrogens (primary N) is 1. The van der Waals surface area contributed by atoms with Crippen molar-refractivity contribution in [1.82, 2.24) is 14.7 Å². The first-order valence-corrected chi connectivity index (χ1v) is 8.31. The van der Waals surface area contributed by atoms with Crippen molar-refractivity contribution in [3.63, 3.8) is 0 Å². The molecule has 2 N–H and O–H groups in total. The summed E-state index contributed by atoms with van der Waals surface area (Å²) in [7, 11) is 0. The van der Waals surface area contributed by atoms with Gasteiger partial charge in [0.1, 0.15) is 5.82 Å². The van der Waals surface area contributed by atoms with Gasteiger partial charge in [0.2, 0.25) is 5.91 Å². The van der Waals surface area contributed by atoms with Gasteiger partial charge in [-0.15, -0.1) is 11.8 Å². The van der Waals surface area contributed by atoms with Crippen LogP contribution >= 0.6 is 11.8 Å². The summed E-state index contributed by atoms with van der Waals surface area (Å²) >= 11 is 1.82. The lowest BCUT2D eigenvalue weighted by molar-refractivity contribution is -0.134. The van der Waals surface area contributed by atoms with Gasteiger partial charge in [0.15, 0.2) is 0 Å². The average molecular weight is 294 g/mol. The zero-order chi connectivity index (χ0) is 14.2. The Labute approximate surface area is 123 Å². The summed E-state index contributed by atoms with van der Waals surface area (Å²) in [5.41, 5.74) is 5.66. The van der Waals surface area contributed by atoms with Crippen LogP contribution in [0.4, 0.5) is 5.82 Å². The Bertz CT molecular complexity index is 487. The molecule has 2 aliphatic rings. The standard InChI is InChI=1S/C14H22N4OS/c1-14(6-2-10-20-14)13(19)17-7-3-11(4-8-17)18-9-5-12(15)16-18/h5,9,11H,2-4,6-8,10H2,1H3,(H2,15,16). The Morgan fingerprint density at radius 1 is 1.50 bits per heavy atom. The van der Waals surface area contributed by atoms with E-state index < -0.39 is 0 Å². The smallest absolute Gasteiger partial charge is 0.238 e. The van der Waals surface area contributed by atoms with Crippen LogP contribution in [0, 0.1) is 0 Å². The fraction of sp³-hybridized carbons (Fsp3) is 0.714.